The number of aromatic nitrogens is 8. The summed E-state index contributed by atoms with van der Waals surface area (Å²) in [5.41, 5.74) is 3.06. The van der Waals surface area contributed by atoms with Crippen molar-refractivity contribution in [3.8, 4) is 57.1 Å². The molecule has 2 aliphatic rings. The quantitative estimate of drug-likeness (QED) is 0.0931. The van der Waals surface area contributed by atoms with Crippen LogP contribution >= 0.6 is 0 Å². The molecular weight excluding hydrogens is 842 g/mol. The van der Waals surface area contributed by atoms with E-state index in [1.165, 1.54) is 18.2 Å². The predicted octanol–water partition coefficient (Wildman–Crippen LogP) is 9.49. The fraction of sp³-hybridized carbons (Fsp3) is 0.146. The normalized spacial score (nSPS) is 12.2. The Morgan fingerprint density at radius 2 is 0.985 bits per heavy atom. The Kier molecular flexibility index (Phi) is 9.96. The van der Waals surface area contributed by atoms with Crippen LogP contribution in [-0.4, -0.2) is 79.5 Å². The molecular formula is C48H33F3N8O6. The first-order valence-corrected chi connectivity index (χ1v) is 20.5. The van der Waals surface area contributed by atoms with Gasteiger partial charge in [-0.25, -0.2) is 34.7 Å². The SMILES string of the molecule is O=c1cc(C(F)(F)F)c2ccc(OCCOCCOCCOc3cccc4c3-c3nc-4nc4[nH]c(nc5nc(nc6[nH]c(n3)c3ccccc63)-c3ccccc3-5)c3ccccc43)cc2o1. The molecule has 0 saturated heterocycles. The number of alkyl halides is 3. The molecule has 11 rings (SSSR count). The van der Waals surface area contributed by atoms with Gasteiger partial charge in [0.2, 0.25) is 0 Å². The van der Waals surface area contributed by atoms with Crippen LogP contribution in [0.3, 0.4) is 0 Å². The molecule has 0 amide bonds. The van der Waals surface area contributed by atoms with E-state index in [1.807, 2.05) is 91.0 Å². The molecule has 0 saturated carbocycles. The van der Waals surface area contributed by atoms with Gasteiger partial charge in [-0.05, 0) is 18.2 Å². The van der Waals surface area contributed by atoms with Gasteiger partial charge in [-0.2, -0.15) is 13.2 Å². The summed E-state index contributed by atoms with van der Waals surface area (Å²) in [6, 6.07) is 33.6. The summed E-state index contributed by atoms with van der Waals surface area (Å²) in [7, 11) is 0. The average molecular weight is 875 g/mol. The third kappa shape index (κ3) is 7.55. The van der Waals surface area contributed by atoms with Crippen LogP contribution in [0.4, 0.5) is 13.2 Å². The summed E-state index contributed by atoms with van der Waals surface area (Å²) >= 11 is 0. The second-order valence-corrected chi connectivity index (χ2v) is 15.0. The van der Waals surface area contributed by atoms with Gasteiger partial charge in [0, 0.05) is 55.8 Å². The lowest BCUT2D eigenvalue weighted by Crippen LogP contribution is -2.14. The van der Waals surface area contributed by atoms with Gasteiger partial charge in [-0.3, -0.25) is 0 Å². The van der Waals surface area contributed by atoms with Gasteiger partial charge in [-0.15, -0.1) is 0 Å². The lowest BCUT2D eigenvalue weighted by molar-refractivity contribution is -0.136. The van der Waals surface area contributed by atoms with E-state index in [4.69, 9.17) is 53.3 Å². The molecule has 14 nitrogen and oxygen atoms in total. The van der Waals surface area contributed by atoms with E-state index in [1.54, 1.807) is 0 Å². The third-order valence-electron chi connectivity index (χ3n) is 10.9. The maximum absolute atomic E-state index is 13.4. The van der Waals surface area contributed by atoms with E-state index in [0.717, 1.165) is 38.2 Å². The van der Waals surface area contributed by atoms with E-state index in [2.05, 4.69) is 9.97 Å². The van der Waals surface area contributed by atoms with Crippen LogP contribution in [0, 0.1) is 0 Å². The predicted molar refractivity (Wildman–Crippen MR) is 236 cm³/mol. The summed E-state index contributed by atoms with van der Waals surface area (Å²) in [4.78, 5) is 48.9. The van der Waals surface area contributed by atoms with Crippen molar-refractivity contribution in [1.29, 1.82) is 0 Å². The molecule has 0 spiro atoms. The minimum atomic E-state index is -4.70. The molecule has 0 atom stereocenters. The van der Waals surface area contributed by atoms with Crippen LogP contribution in [0.5, 0.6) is 11.5 Å². The lowest BCUT2D eigenvalue weighted by atomic mass is 10.1. The van der Waals surface area contributed by atoms with E-state index < -0.39 is 17.4 Å². The van der Waals surface area contributed by atoms with Crippen molar-refractivity contribution in [3.05, 3.63) is 131 Å². The van der Waals surface area contributed by atoms with Gasteiger partial charge < -0.3 is 33.3 Å². The first-order chi connectivity index (χ1) is 31.7. The first kappa shape index (κ1) is 39.8. The maximum Gasteiger partial charge on any atom is 0.417 e. The molecule has 2 aliphatic heterocycles. The van der Waals surface area contributed by atoms with E-state index in [-0.39, 0.29) is 56.4 Å². The van der Waals surface area contributed by atoms with Crippen molar-refractivity contribution in [1.82, 2.24) is 39.9 Å². The summed E-state index contributed by atoms with van der Waals surface area (Å²) in [5, 5.41) is 3.20. The molecule has 6 heterocycles. The highest BCUT2D eigenvalue weighted by molar-refractivity contribution is 6.06. The number of benzene rings is 5. The average Bonchev–Trinajstić information content (AvgIpc) is 4.05. The van der Waals surface area contributed by atoms with E-state index in [0.29, 0.717) is 63.3 Å². The fourth-order valence-electron chi connectivity index (χ4n) is 8.00. The van der Waals surface area contributed by atoms with Crippen molar-refractivity contribution in [2.75, 3.05) is 39.6 Å². The van der Waals surface area contributed by atoms with Crippen LogP contribution in [-0.2, 0) is 15.7 Å². The number of aromatic amines is 2. The van der Waals surface area contributed by atoms with Gasteiger partial charge in [0.15, 0.2) is 23.3 Å². The highest BCUT2D eigenvalue weighted by Crippen LogP contribution is 2.42. The van der Waals surface area contributed by atoms with E-state index in [9.17, 15) is 18.0 Å². The van der Waals surface area contributed by atoms with Gasteiger partial charge in [0.25, 0.3) is 0 Å². The van der Waals surface area contributed by atoms with Crippen LogP contribution in [0.1, 0.15) is 5.56 Å². The van der Waals surface area contributed by atoms with Crippen molar-refractivity contribution in [2.24, 2.45) is 0 Å². The van der Waals surface area contributed by atoms with Gasteiger partial charge >= 0.3 is 11.8 Å². The van der Waals surface area contributed by atoms with Crippen molar-refractivity contribution in [2.45, 2.75) is 6.18 Å². The Bertz CT molecular complexity index is 3570. The smallest absolute Gasteiger partial charge is 0.417 e. The molecule has 5 aromatic carbocycles. The largest absolute Gasteiger partial charge is 0.491 e. The number of nitrogens with one attached hydrogen (secondary N) is 2. The number of fused-ring (bicyclic) bond motifs is 21. The molecule has 0 fully saturated rings. The zero-order valence-electron chi connectivity index (χ0n) is 34.0. The third-order valence-corrected chi connectivity index (χ3v) is 10.9. The molecule has 2 N–H and O–H groups in total. The van der Waals surface area contributed by atoms with Gasteiger partial charge in [0.1, 0.15) is 52.9 Å². The molecule has 4 aromatic heterocycles. The second kappa shape index (κ2) is 16.3. The molecule has 0 unspecified atom stereocenters. The summed E-state index contributed by atoms with van der Waals surface area (Å²) in [6.45, 7) is 1.25. The van der Waals surface area contributed by atoms with Gasteiger partial charge in [-0.1, -0.05) is 84.9 Å². The van der Waals surface area contributed by atoms with Crippen LogP contribution in [0.15, 0.2) is 124 Å². The number of ether oxygens (including phenoxy) is 4. The van der Waals surface area contributed by atoms with Crippen molar-refractivity contribution in [3.63, 3.8) is 0 Å². The van der Waals surface area contributed by atoms with E-state index >= 15 is 0 Å². The fourth-order valence-corrected chi connectivity index (χ4v) is 8.00. The van der Waals surface area contributed by atoms with Crippen LogP contribution in [0.2, 0.25) is 0 Å². The van der Waals surface area contributed by atoms with Crippen LogP contribution in [0.25, 0.3) is 101 Å². The topological polar surface area (TPSA) is 176 Å². The molecule has 8 bridgehead atoms. The molecule has 65 heavy (non-hydrogen) atoms. The lowest BCUT2D eigenvalue weighted by Gasteiger charge is -2.11. The monoisotopic (exact) mass is 874 g/mol. The zero-order valence-corrected chi connectivity index (χ0v) is 34.0. The summed E-state index contributed by atoms with van der Waals surface area (Å²) < 4.78 is 68.5. The Hall–Kier alpha value is -8.02. The van der Waals surface area contributed by atoms with Crippen LogP contribution < -0.4 is 15.1 Å². The number of nitrogens with zero attached hydrogens (tertiary/aromatic N) is 6. The molecule has 0 aliphatic carbocycles. The Balaban J connectivity index is 0.833. The standard InChI is InChI=1S/C48H33F3N8O6/c49-48(50,51)35-25-38(60)65-37-24-26(16-17-33(35)37)63-22-20-61-18-19-62-21-23-64-36-15-7-14-34-39(36)47-58-45-32-13-6-5-12-31(32)43(56-45)54-41-28-9-2-1-8-27(28)40(52-41)53-42-29-10-3-4-11-30(29)44(55-42)57-46(34)59-47/h1-17,24-25H,18-23H2,(H2,52,53,54,55,56,57,58,59). The zero-order chi connectivity index (χ0) is 44.1. The maximum atomic E-state index is 13.4. The number of H-pyrrole nitrogens is 2. The second-order valence-electron chi connectivity index (χ2n) is 15.0. The van der Waals surface area contributed by atoms with Crippen molar-refractivity contribution >= 4 is 55.1 Å². The molecule has 17 heteroatoms. The molecule has 9 aromatic rings. The number of hydrogen-bond donors (Lipinski definition) is 2. The summed E-state index contributed by atoms with van der Waals surface area (Å²) in [5.74, 6) is 2.67. The summed E-state index contributed by atoms with van der Waals surface area (Å²) in [6.07, 6.45) is -4.70. The number of rotatable bonds is 11. The Labute approximate surface area is 364 Å². The molecule has 0 radical (unpaired) electrons. The first-order valence-electron chi connectivity index (χ1n) is 20.5. The number of halogens is 3. The van der Waals surface area contributed by atoms with Gasteiger partial charge in [0.05, 0.1) is 37.6 Å². The highest BCUT2D eigenvalue weighted by atomic mass is 19.4. The minimum Gasteiger partial charge on any atom is -0.491 e. The minimum absolute atomic E-state index is 0.103. The van der Waals surface area contributed by atoms with Crippen molar-refractivity contribution < 1.29 is 36.5 Å². The number of hydrogen-bond acceptors (Lipinski definition) is 12. The molecule has 322 valence electrons. The Morgan fingerprint density at radius 1 is 0.492 bits per heavy atom. The Morgan fingerprint density at radius 3 is 1.57 bits per heavy atom. The highest BCUT2D eigenvalue weighted by Gasteiger charge is 2.34.